The molecule has 4 rings (SSSR count). The number of imidazole rings is 1. The lowest BCUT2D eigenvalue weighted by atomic mass is 10.1. The van der Waals surface area contributed by atoms with E-state index in [1.807, 2.05) is 34.1 Å². The van der Waals surface area contributed by atoms with Crippen molar-refractivity contribution >= 4 is 39.9 Å². The van der Waals surface area contributed by atoms with E-state index in [2.05, 4.69) is 38.1 Å². The van der Waals surface area contributed by atoms with Crippen LogP contribution in [0.15, 0.2) is 47.2 Å². The number of halogens is 1. The van der Waals surface area contributed by atoms with Gasteiger partial charge in [-0.15, -0.1) is 0 Å². The molecule has 0 saturated heterocycles. The maximum Gasteiger partial charge on any atom is 0.322 e. The highest BCUT2D eigenvalue weighted by atomic mass is 79.9. The van der Waals surface area contributed by atoms with Crippen molar-refractivity contribution in [2.75, 3.05) is 13.7 Å². The highest BCUT2D eigenvalue weighted by Crippen LogP contribution is 2.26. The van der Waals surface area contributed by atoms with E-state index in [0.29, 0.717) is 23.6 Å². The van der Waals surface area contributed by atoms with Gasteiger partial charge in [0.15, 0.2) is 0 Å². The van der Waals surface area contributed by atoms with E-state index in [9.17, 15) is 14.4 Å². The lowest BCUT2D eigenvalue weighted by Gasteiger charge is -2.20. The summed E-state index contributed by atoms with van der Waals surface area (Å²) in [5.74, 6) is 6.42. The van der Waals surface area contributed by atoms with Gasteiger partial charge in [-0.3, -0.25) is 19.3 Å². The molecular weight excluding hydrogens is 478 g/mol. The van der Waals surface area contributed by atoms with Crippen molar-refractivity contribution in [1.29, 1.82) is 0 Å². The van der Waals surface area contributed by atoms with Crippen LogP contribution in [0, 0.1) is 11.8 Å². The molecule has 2 aromatic heterocycles. The number of hydrogen-bond acceptors (Lipinski definition) is 5. The number of imide groups is 1. The minimum absolute atomic E-state index is 0.134. The van der Waals surface area contributed by atoms with Crippen molar-refractivity contribution in [2.24, 2.45) is 0 Å². The molecule has 0 unspecified atom stereocenters. The average Bonchev–Trinajstić information content (AvgIpc) is 3.32. The molecule has 0 fully saturated rings. The van der Waals surface area contributed by atoms with Crippen LogP contribution in [0.25, 0.3) is 5.65 Å². The summed E-state index contributed by atoms with van der Waals surface area (Å²) >= 11 is 3.42. The van der Waals surface area contributed by atoms with Crippen LogP contribution in [-0.2, 0) is 11.3 Å². The number of nitrogens with zero attached hydrogens (tertiary/aromatic N) is 3. The number of pyridine rings is 1. The van der Waals surface area contributed by atoms with E-state index in [4.69, 9.17) is 4.74 Å². The number of hydrogen-bond donors (Lipinski definition) is 2. The van der Waals surface area contributed by atoms with Crippen LogP contribution in [0.5, 0.6) is 5.75 Å². The Kier molecular flexibility index (Phi) is 6.09. The summed E-state index contributed by atoms with van der Waals surface area (Å²) in [5.41, 5.74) is 2.76. The second-order valence-corrected chi connectivity index (χ2v) is 7.90. The van der Waals surface area contributed by atoms with Gasteiger partial charge < -0.3 is 15.0 Å². The number of amides is 4. The predicted molar refractivity (Wildman–Crippen MR) is 119 cm³/mol. The molecule has 1 aromatic carbocycles. The largest absolute Gasteiger partial charge is 0.497 e. The molecule has 0 saturated carbocycles. The molecule has 0 radical (unpaired) electrons. The van der Waals surface area contributed by atoms with Crippen LogP contribution in [0.1, 0.15) is 21.6 Å². The number of ether oxygens (including phenoxy) is 1. The zero-order chi connectivity index (χ0) is 22.7. The molecular formula is C22H18BrN5O4. The SMILES string of the molecule is COc1ccc2c(c1)C(=O)N(C[C@@H](C#Cc1cnc3ccc(Br)cn13)NC(=O)NC=O)C2. The molecule has 3 heterocycles. The van der Waals surface area contributed by atoms with Crippen molar-refractivity contribution in [3.05, 3.63) is 64.0 Å². The molecule has 0 spiro atoms. The first-order valence-corrected chi connectivity index (χ1v) is 10.4. The van der Waals surface area contributed by atoms with Crippen molar-refractivity contribution in [3.8, 4) is 17.6 Å². The van der Waals surface area contributed by atoms with Crippen molar-refractivity contribution in [1.82, 2.24) is 24.9 Å². The van der Waals surface area contributed by atoms with Gasteiger partial charge >= 0.3 is 6.03 Å². The fraction of sp³-hybridized carbons (Fsp3) is 0.182. The molecule has 1 aliphatic rings. The summed E-state index contributed by atoms with van der Waals surface area (Å²) in [7, 11) is 1.54. The Morgan fingerprint density at radius 2 is 2.22 bits per heavy atom. The van der Waals surface area contributed by atoms with Gasteiger partial charge in [0.25, 0.3) is 5.91 Å². The zero-order valence-electron chi connectivity index (χ0n) is 17.0. The van der Waals surface area contributed by atoms with Crippen molar-refractivity contribution < 1.29 is 19.1 Å². The second-order valence-electron chi connectivity index (χ2n) is 6.99. The van der Waals surface area contributed by atoms with Gasteiger partial charge in [0, 0.05) is 22.8 Å². The van der Waals surface area contributed by atoms with Gasteiger partial charge in [-0.25, -0.2) is 9.78 Å². The number of carbonyl (C=O) groups excluding carboxylic acids is 3. The molecule has 162 valence electrons. The van der Waals surface area contributed by atoms with Crippen LogP contribution in [0.2, 0.25) is 0 Å². The van der Waals surface area contributed by atoms with E-state index in [1.165, 1.54) is 0 Å². The Labute approximate surface area is 191 Å². The topological polar surface area (TPSA) is 105 Å². The summed E-state index contributed by atoms with van der Waals surface area (Å²) in [6.07, 6.45) is 3.74. The molecule has 32 heavy (non-hydrogen) atoms. The predicted octanol–water partition coefficient (Wildman–Crippen LogP) is 1.94. The van der Waals surface area contributed by atoms with Crippen LogP contribution in [0.4, 0.5) is 4.79 Å². The summed E-state index contributed by atoms with van der Waals surface area (Å²) in [5, 5.41) is 4.66. The molecule has 9 nitrogen and oxygen atoms in total. The molecule has 2 N–H and O–H groups in total. The fourth-order valence-electron chi connectivity index (χ4n) is 3.42. The van der Waals surface area contributed by atoms with E-state index >= 15 is 0 Å². The first-order valence-electron chi connectivity index (χ1n) is 9.59. The third kappa shape index (κ3) is 4.43. The number of carbonyl (C=O) groups is 3. The van der Waals surface area contributed by atoms with E-state index < -0.39 is 12.1 Å². The summed E-state index contributed by atoms with van der Waals surface area (Å²) in [6.45, 7) is 0.519. The van der Waals surface area contributed by atoms with Gasteiger partial charge in [0.2, 0.25) is 6.41 Å². The molecule has 0 bridgehead atoms. The Bertz CT molecular complexity index is 1280. The number of nitrogens with one attached hydrogen (secondary N) is 2. The number of fused-ring (bicyclic) bond motifs is 2. The Balaban J connectivity index is 1.58. The summed E-state index contributed by atoms with van der Waals surface area (Å²) in [4.78, 5) is 41.4. The molecule has 4 amide bonds. The van der Waals surface area contributed by atoms with E-state index in [1.54, 1.807) is 30.3 Å². The van der Waals surface area contributed by atoms with Gasteiger partial charge in [-0.1, -0.05) is 12.0 Å². The molecule has 1 atom stereocenters. The summed E-state index contributed by atoms with van der Waals surface area (Å²) < 4.78 is 7.88. The van der Waals surface area contributed by atoms with Crippen LogP contribution in [-0.4, -0.2) is 52.3 Å². The number of methoxy groups -OCH3 is 1. The lowest BCUT2D eigenvalue weighted by molar-refractivity contribution is -0.108. The maximum atomic E-state index is 12.9. The standard InChI is InChI=1S/C22H18BrN5O4/c1-32-18-6-2-14-10-27(21(30)19(14)8-18)12-16(26-22(31)25-13-29)4-5-17-9-24-20-7-3-15(23)11-28(17)20/h2-3,6-9,11,13,16H,10,12H2,1H3,(H2,25,26,29,31)/t16-/m1/s1. The lowest BCUT2D eigenvalue weighted by Crippen LogP contribution is -2.46. The first kappa shape index (κ1) is 21.4. The quantitative estimate of drug-likeness (QED) is 0.415. The minimum atomic E-state index is -0.729. The molecule has 10 heteroatoms. The average molecular weight is 496 g/mol. The number of aromatic nitrogens is 2. The number of urea groups is 1. The van der Waals surface area contributed by atoms with E-state index in [0.717, 1.165) is 15.7 Å². The van der Waals surface area contributed by atoms with Gasteiger partial charge in [0.1, 0.15) is 23.1 Å². The Morgan fingerprint density at radius 3 is 3.00 bits per heavy atom. The van der Waals surface area contributed by atoms with Crippen LogP contribution in [0.3, 0.4) is 0 Å². The monoisotopic (exact) mass is 495 g/mol. The van der Waals surface area contributed by atoms with Gasteiger partial charge in [0.05, 0.1) is 19.9 Å². The smallest absolute Gasteiger partial charge is 0.322 e. The minimum Gasteiger partial charge on any atom is -0.497 e. The van der Waals surface area contributed by atoms with E-state index in [-0.39, 0.29) is 18.9 Å². The fourth-order valence-corrected chi connectivity index (χ4v) is 3.76. The van der Waals surface area contributed by atoms with Crippen LogP contribution >= 0.6 is 15.9 Å². The van der Waals surface area contributed by atoms with Crippen molar-refractivity contribution in [3.63, 3.8) is 0 Å². The van der Waals surface area contributed by atoms with Gasteiger partial charge in [-0.2, -0.15) is 0 Å². The molecule has 3 aromatic rings. The van der Waals surface area contributed by atoms with Gasteiger partial charge in [-0.05, 0) is 51.7 Å². The first-order chi connectivity index (χ1) is 15.5. The normalized spacial score (nSPS) is 13.2. The third-order valence-corrected chi connectivity index (χ3v) is 5.41. The third-order valence-electron chi connectivity index (χ3n) is 4.94. The van der Waals surface area contributed by atoms with Crippen LogP contribution < -0.4 is 15.4 Å². The Hall–Kier alpha value is -3.84. The summed E-state index contributed by atoms with van der Waals surface area (Å²) in [6, 6.07) is 7.62. The molecule has 0 aliphatic carbocycles. The zero-order valence-corrected chi connectivity index (χ0v) is 18.5. The highest BCUT2D eigenvalue weighted by Gasteiger charge is 2.29. The highest BCUT2D eigenvalue weighted by molar-refractivity contribution is 9.10. The number of benzene rings is 1. The second kappa shape index (κ2) is 9.11. The Morgan fingerprint density at radius 1 is 1.38 bits per heavy atom. The number of rotatable bonds is 5. The maximum absolute atomic E-state index is 12.9. The molecule has 1 aliphatic heterocycles. The van der Waals surface area contributed by atoms with Crippen molar-refractivity contribution in [2.45, 2.75) is 12.6 Å².